The molecule has 7 aliphatic heterocycles. The zero-order chi connectivity index (χ0) is 52.9. The molecule has 9 fully saturated rings. The molecule has 7 saturated heterocycles. The summed E-state index contributed by atoms with van der Waals surface area (Å²) in [5, 5.41) is 139. The normalized spacial score (nSPS) is 56.5. The van der Waals surface area contributed by atoms with Crippen LogP contribution in [0.25, 0.3) is 0 Å². The largest absolute Gasteiger partial charge is 0.394 e. The second kappa shape index (κ2) is 21.7. The minimum absolute atomic E-state index is 0.0387. The van der Waals surface area contributed by atoms with Crippen LogP contribution in [0.5, 0.6) is 0 Å². The van der Waals surface area contributed by atoms with Gasteiger partial charge in [-0.05, 0) is 68.1 Å². The molecule has 74 heavy (non-hydrogen) atoms. The Morgan fingerprint density at radius 2 is 1.05 bits per heavy atom. The Morgan fingerprint density at radius 3 is 1.55 bits per heavy atom. The van der Waals surface area contributed by atoms with Crippen LogP contribution in [0.15, 0.2) is 11.6 Å². The van der Waals surface area contributed by atoms with Crippen molar-refractivity contribution in [2.24, 2.45) is 40.4 Å². The molecule has 0 radical (unpaired) electrons. The minimum Gasteiger partial charge on any atom is -0.394 e. The van der Waals surface area contributed by atoms with Gasteiger partial charge >= 0.3 is 0 Å². The number of aliphatic hydroxyl groups is 13. The molecule has 424 valence electrons. The van der Waals surface area contributed by atoms with Gasteiger partial charge in [0.2, 0.25) is 0 Å². The third-order valence-corrected chi connectivity index (χ3v) is 19.2. The standard InChI is InChI=1S/C50H80O24/c1-19-7-12-50(64-18-19)20(2)29-43(74-50)73-42-23-6-5-21-13-22(8-10-48(21,3)24(23)9-11-49(29,42)4)65-44-36(61)32(57)39(26(15-52)67-44)71-46-38(63)34(59)41(28(17-54)69-46)72-47-37(62)33(58)40(27(16-53)68-47)70-45-35(60)31(56)30(55)25(14-51)66-45/h5,19-20,22-47,51-63H,6-18H2,1-4H3/t19-,20+,22+,23?,24?,25?,26?,27?,28?,29?,30-,31+,32-,33-,34-,35?,36?,37?,38?,39-,40-,41-,42?,43?,44-,45-,46-,47+,48+,49-,50-/m1/s1. The molecule has 13 N–H and O–H groups in total. The first-order valence-electron chi connectivity index (χ1n) is 26.7. The Labute approximate surface area is 428 Å². The van der Waals surface area contributed by atoms with Gasteiger partial charge in [-0.3, -0.25) is 0 Å². The van der Waals surface area contributed by atoms with Gasteiger partial charge in [-0.25, -0.2) is 0 Å². The molecular weight excluding hydrogens is 985 g/mol. The smallest absolute Gasteiger partial charge is 0.187 e. The molecule has 31 atom stereocenters. The molecule has 2 saturated carbocycles. The van der Waals surface area contributed by atoms with Crippen molar-refractivity contribution >= 4 is 0 Å². The van der Waals surface area contributed by atoms with Crippen LogP contribution in [0, 0.1) is 40.4 Å². The lowest BCUT2D eigenvalue weighted by Gasteiger charge is -2.57. The van der Waals surface area contributed by atoms with Gasteiger partial charge in [0.15, 0.2) is 37.2 Å². The fraction of sp³-hybridized carbons (Fsp3) is 0.960. The Morgan fingerprint density at radius 1 is 0.554 bits per heavy atom. The summed E-state index contributed by atoms with van der Waals surface area (Å²) in [4.78, 5) is 0. The Bertz CT molecular complexity index is 1940. The number of aliphatic hydroxyl groups excluding tert-OH is 13. The van der Waals surface area contributed by atoms with Crippen molar-refractivity contribution in [3.05, 3.63) is 11.6 Å². The summed E-state index contributed by atoms with van der Waals surface area (Å²) in [5.41, 5.74) is 1.13. The minimum atomic E-state index is -2.03. The van der Waals surface area contributed by atoms with E-state index in [2.05, 4.69) is 33.8 Å². The van der Waals surface area contributed by atoms with E-state index >= 15 is 0 Å². The van der Waals surface area contributed by atoms with Crippen LogP contribution >= 0.6 is 0 Å². The van der Waals surface area contributed by atoms with Crippen LogP contribution in [0.3, 0.4) is 0 Å². The van der Waals surface area contributed by atoms with E-state index in [1.54, 1.807) is 0 Å². The predicted octanol–water partition coefficient (Wildman–Crippen LogP) is -3.65. The highest BCUT2D eigenvalue weighted by Crippen LogP contribution is 2.68. The highest BCUT2D eigenvalue weighted by molar-refractivity contribution is 5.26. The van der Waals surface area contributed by atoms with Crippen molar-refractivity contribution in [2.75, 3.05) is 33.0 Å². The molecule has 1 spiro atoms. The molecule has 10 rings (SSSR count). The maximum Gasteiger partial charge on any atom is 0.187 e. The molecule has 7 heterocycles. The lowest BCUT2D eigenvalue weighted by atomic mass is 9.48. The molecule has 10 aliphatic rings. The third kappa shape index (κ3) is 9.47. The molecular formula is C50H80O24. The first kappa shape index (κ1) is 56.1. The van der Waals surface area contributed by atoms with E-state index < -0.39 is 161 Å². The van der Waals surface area contributed by atoms with Crippen LogP contribution in [-0.2, 0) is 52.1 Å². The fourth-order valence-electron chi connectivity index (χ4n) is 14.7. The van der Waals surface area contributed by atoms with Crippen molar-refractivity contribution in [1.29, 1.82) is 0 Å². The van der Waals surface area contributed by atoms with Crippen LogP contribution in [-0.4, -0.2) is 247 Å². The topological polar surface area (TPSA) is 365 Å². The number of hydrogen-bond donors (Lipinski definition) is 13. The summed E-state index contributed by atoms with van der Waals surface area (Å²) in [6.07, 6.45) is -25.9. The third-order valence-electron chi connectivity index (χ3n) is 19.2. The summed E-state index contributed by atoms with van der Waals surface area (Å²) >= 11 is 0. The van der Waals surface area contributed by atoms with Crippen LogP contribution in [0.2, 0.25) is 0 Å². The molecule has 0 bridgehead atoms. The van der Waals surface area contributed by atoms with E-state index in [1.807, 2.05) is 0 Å². The molecule has 13 unspecified atom stereocenters. The molecule has 24 heteroatoms. The van der Waals surface area contributed by atoms with Crippen molar-refractivity contribution in [3.8, 4) is 0 Å². The zero-order valence-corrected chi connectivity index (χ0v) is 42.2. The van der Waals surface area contributed by atoms with E-state index in [4.69, 9.17) is 52.1 Å². The van der Waals surface area contributed by atoms with Crippen LogP contribution in [0.1, 0.15) is 79.1 Å². The highest BCUT2D eigenvalue weighted by Gasteiger charge is 2.70. The SMILES string of the molecule is C[C@@H]1CC[C@@]2(OC1)OC1OC3C4CC=C5C[C@@H](O[C@@H]6OC(CO)[C@@H](O[C@H]7OC(CO)[C@@H](O[C@@H]8OC(CO)[C@@H](O[C@H]9OC(CO)[C@@H](O)[C@H](O)C9O)[C@H](O)C8O)[C@H](O)C7O)[C@H](O)C6O)CC[C@]5(C)C4CC[C@]3(C)C1[C@@H]2C. The Kier molecular flexibility index (Phi) is 16.4. The number of allylic oxidation sites excluding steroid dienone is 1. The van der Waals surface area contributed by atoms with Crippen molar-refractivity contribution in [1.82, 2.24) is 0 Å². The van der Waals surface area contributed by atoms with Gasteiger partial charge in [0.25, 0.3) is 0 Å². The average Bonchev–Trinajstić information content (AvgIpc) is 3.84. The molecule has 0 aromatic rings. The molecule has 0 aromatic heterocycles. The summed E-state index contributed by atoms with van der Waals surface area (Å²) < 4.78 is 66.6. The lowest BCUT2D eigenvalue weighted by Crippen LogP contribution is -2.67. The first-order chi connectivity index (χ1) is 35.2. The number of rotatable bonds is 12. The van der Waals surface area contributed by atoms with E-state index in [9.17, 15) is 66.4 Å². The fourth-order valence-corrected chi connectivity index (χ4v) is 14.7. The zero-order valence-electron chi connectivity index (χ0n) is 42.2. The number of hydrogen-bond acceptors (Lipinski definition) is 24. The average molecular weight is 1070 g/mol. The van der Waals surface area contributed by atoms with Gasteiger partial charge in [-0.1, -0.05) is 39.3 Å². The summed E-state index contributed by atoms with van der Waals surface area (Å²) in [6, 6.07) is 0. The van der Waals surface area contributed by atoms with Crippen LogP contribution in [0.4, 0.5) is 0 Å². The van der Waals surface area contributed by atoms with E-state index in [1.165, 1.54) is 5.57 Å². The quantitative estimate of drug-likeness (QED) is 0.0838. The molecule has 24 nitrogen and oxygen atoms in total. The van der Waals surface area contributed by atoms with Gasteiger partial charge in [-0.2, -0.15) is 0 Å². The lowest BCUT2D eigenvalue weighted by molar-refractivity contribution is -0.389. The van der Waals surface area contributed by atoms with E-state index in [0.29, 0.717) is 37.2 Å². The van der Waals surface area contributed by atoms with Crippen molar-refractivity contribution in [3.63, 3.8) is 0 Å². The first-order valence-corrected chi connectivity index (χ1v) is 26.7. The molecule has 0 amide bonds. The highest BCUT2D eigenvalue weighted by atomic mass is 16.8. The molecule has 3 aliphatic carbocycles. The Balaban J connectivity index is 0.738. The van der Waals surface area contributed by atoms with E-state index in [0.717, 1.165) is 38.5 Å². The Hall–Kier alpha value is -1.22. The maximum atomic E-state index is 11.5. The van der Waals surface area contributed by atoms with Gasteiger partial charge in [0, 0.05) is 23.7 Å². The van der Waals surface area contributed by atoms with Crippen molar-refractivity contribution in [2.45, 2.75) is 226 Å². The predicted molar refractivity (Wildman–Crippen MR) is 245 cm³/mol. The maximum absolute atomic E-state index is 11.5. The van der Waals surface area contributed by atoms with Gasteiger partial charge < -0.3 is 118 Å². The second-order valence-electron chi connectivity index (χ2n) is 23.4. The van der Waals surface area contributed by atoms with Gasteiger partial charge in [0.05, 0.1) is 45.2 Å². The number of ether oxygens (including phenoxy) is 11. The van der Waals surface area contributed by atoms with E-state index in [-0.39, 0.29) is 35.1 Å². The summed E-state index contributed by atoms with van der Waals surface area (Å²) in [5.74, 6) is 1.12. The van der Waals surface area contributed by atoms with Gasteiger partial charge in [-0.15, -0.1) is 0 Å². The second-order valence-corrected chi connectivity index (χ2v) is 23.4. The summed E-state index contributed by atoms with van der Waals surface area (Å²) in [6.45, 7) is 6.64. The summed E-state index contributed by atoms with van der Waals surface area (Å²) in [7, 11) is 0. The van der Waals surface area contributed by atoms with Crippen LogP contribution < -0.4 is 0 Å². The van der Waals surface area contributed by atoms with Crippen molar-refractivity contribution < 1.29 is 118 Å². The van der Waals surface area contributed by atoms with Gasteiger partial charge in [0.1, 0.15) is 97.7 Å². The monoisotopic (exact) mass is 1060 g/mol. The number of fused-ring (bicyclic) bond motifs is 7. The molecule has 0 aromatic carbocycles.